The number of carbonyl (C=O) groups excluding carboxylic acids is 3. The van der Waals surface area contributed by atoms with Gasteiger partial charge in [-0.3, -0.25) is 9.59 Å². The van der Waals surface area contributed by atoms with E-state index in [0.717, 1.165) is 28.2 Å². The molecular formula is C35H28O7. The first-order chi connectivity index (χ1) is 20.4. The Bertz CT molecular complexity index is 1820. The number of furan rings is 1. The first-order valence-electron chi connectivity index (χ1n) is 13.7. The van der Waals surface area contributed by atoms with Crippen LogP contribution in [-0.4, -0.2) is 31.8 Å². The number of methoxy groups -OCH3 is 1. The van der Waals surface area contributed by atoms with Crippen molar-refractivity contribution in [1.29, 1.82) is 0 Å². The third-order valence-corrected chi connectivity index (χ3v) is 7.68. The van der Waals surface area contributed by atoms with Crippen molar-refractivity contribution < 1.29 is 33.0 Å². The summed E-state index contributed by atoms with van der Waals surface area (Å²) in [5.41, 5.74) is 3.15. The fourth-order valence-electron chi connectivity index (χ4n) is 5.78. The maximum atomic E-state index is 14.1. The number of ketones is 1. The highest BCUT2D eigenvalue weighted by Gasteiger charge is 2.49. The Balaban J connectivity index is 1.44. The van der Waals surface area contributed by atoms with E-state index in [-0.39, 0.29) is 18.1 Å². The van der Waals surface area contributed by atoms with Gasteiger partial charge in [0.2, 0.25) is 5.78 Å². The summed E-state index contributed by atoms with van der Waals surface area (Å²) >= 11 is 0. The molecule has 7 heteroatoms. The third kappa shape index (κ3) is 4.63. The lowest BCUT2D eigenvalue weighted by Gasteiger charge is -2.30. The maximum Gasteiger partial charge on any atom is 0.334 e. The first kappa shape index (κ1) is 27.0. The molecular weight excluding hydrogens is 532 g/mol. The van der Waals surface area contributed by atoms with Gasteiger partial charge in [0.05, 0.1) is 19.6 Å². The number of allylic oxidation sites excluding steroid dienone is 4. The topological polar surface area (TPSA) is 92.0 Å². The zero-order valence-electron chi connectivity index (χ0n) is 23.4. The molecule has 3 aromatic carbocycles. The molecule has 2 unspecified atom stereocenters. The lowest BCUT2D eigenvalue weighted by molar-refractivity contribution is -0.139. The van der Waals surface area contributed by atoms with Crippen molar-refractivity contribution in [2.45, 2.75) is 19.8 Å². The molecule has 0 radical (unpaired) electrons. The van der Waals surface area contributed by atoms with Crippen molar-refractivity contribution >= 4 is 34.9 Å². The number of rotatable bonds is 7. The molecule has 1 aromatic heterocycles. The van der Waals surface area contributed by atoms with Crippen LogP contribution in [0.1, 0.15) is 41.4 Å². The fourth-order valence-corrected chi connectivity index (χ4v) is 5.78. The number of ether oxygens (including phenoxy) is 3. The van der Waals surface area contributed by atoms with Crippen molar-refractivity contribution in [3.8, 4) is 17.1 Å². The molecule has 0 N–H and O–H groups in total. The zero-order valence-corrected chi connectivity index (χ0v) is 23.4. The highest BCUT2D eigenvalue weighted by atomic mass is 16.5. The molecule has 7 nitrogen and oxygen atoms in total. The second-order valence-corrected chi connectivity index (χ2v) is 10.1. The summed E-state index contributed by atoms with van der Waals surface area (Å²) in [4.78, 5) is 38.5. The van der Waals surface area contributed by atoms with Crippen LogP contribution >= 0.6 is 0 Å². The van der Waals surface area contributed by atoms with Gasteiger partial charge in [-0.05, 0) is 54.5 Å². The van der Waals surface area contributed by atoms with Gasteiger partial charge in [0.25, 0.3) is 0 Å². The molecule has 210 valence electrons. The monoisotopic (exact) mass is 560 g/mol. The summed E-state index contributed by atoms with van der Waals surface area (Å²) in [6.07, 6.45) is 4.09. The van der Waals surface area contributed by atoms with E-state index in [0.29, 0.717) is 39.7 Å². The molecule has 0 spiro atoms. The smallest absolute Gasteiger partial charge is 0.334 e. The number of hydrogen-bond acceptors (Lipinski definition) is 7. The number of aldehydes is 1. The Kier molecular flexibility index (Phi) is 7.08. The Morgan fingerprint density at radius 1 is 0.976 bits per heavy atom. The molecule has 1 aliphatic carbocycles. The zero-order chi connectivity index (χ0) is 29.4. The van der Waals surface area contributed by atoms with Crippen molar-refractivity contribution in [3.05, 3.63) is 118 Å². The predicted octanol–water partition coefficient (Wildman–Crippen LogP) is 7.04. The Morgan fingerprint density at radius 2 is 1.76 bits per heavy atom. The third-order valence-electron chi connectivity index (χ3n) is 7.68. The van der Waals surface area contributed by atoms with Gasteiger partial charge in [0.15, 0.2) is 5.76 Å². The van der Waals surface area contributed by atoms with E-state index in [1.165, 1.54) is 0 Å². The van der Waals surface area contributed by atoms with E-state index in [2.05, 4.69) is 0 Å². The predicted molar refractivity (Wildman–Crippen MR) is 158 cm³/mol. The van der Waals surface area contributed by atoms with Gasteiger partial charge in [-0.2, -0.15) is 0 Å². The lowest BCUT2D eigenvalue weighted by Crippen LogP contribution is -2.29. The molecule has 1 saturated heterocycles. The number of benzene rings is 3. The van der Waals surface area contributed by atoms with Gasteiger partial charge in [-0.1, -0.05) is 54.6 Å². The van der Waals surface area contributed by atoms with Gasteiger partial charge in [-0.25, -0.2) is 4.79 Å². The Hall–Kier alpha value is -5.17. The van der Waals surface area contributed by atoms with Crippen molar-refractivity contribution in [3.63, 3.8) is 0 Å². The second-order valence-electron chi connectivity index (χ2n) is 10.1. The summed E-state index contributed by atoms with van der Waals surface area (Å²) in [7, 11) is 1.58. The number of Topliss-reactive ketones (excluding diaryl/α,β-unsaturated/α-hetero) is 1. The van der Waals surface area contributed by atoms with Crippen LogP contribution in [-0.2, 0) is 19.1 Å². The second kappa shape index (κ2) is 11.0. The van der Waals surface area contributed by atoms with Gasteiger partial charge in [0.1, 0.15) is 29.3 Å². The van der Waals surface area contributed by atoms with E-state index in [9.17, 15) is 14.4 Å². The van der Waals surface area contributed by atoms with Crippen molar-refractivity contribution in [2.24, 2.45) is 5.92 Å². The maximum absolute atomic E-state index is 14.1. The van der Waals surface area contributed by atoms with Crippen LogP contribution in [0.25, 0.3) is 28.2 Å². The molecule has 1 fully saturated rings. The molecule has 2 aliphatic rings. The summed E-state index contributed by atoms with van der Waals surface area (Å²) in [6, 6.07) is 22.2. The molecule has 2 heterocycles. The molecule has 2 atom stereocenters. The minimum absolute atomic E-state index is 0.116. The van der Waals surface area contributed by atoms with E-state index >= 15 is 0 Å². The van der Waals surface area contributed by atoms with Crippen LogP contribution in [0.15, 0.2) is 106 Å². The average molecular weight is 561 g/mol. The van der Waals surface area contributed by atoms with Crippen LogP contribution in [0, 0.1) is 5.92 Å². The molecule has 0 saturated carbocycles. The van der Waals surface area contributed by atoms with E-state index in [4.69, 9.17) is 18.6 Å². The van der Waals surface area contributed by atoms with Gasteiger partial charge < -0.3 is 18.6 Å². The van der Waals surface area contributed by atoms with E-state index in [1.807, 2.05) is 43.3 Å². The lowest BCUT2D eigenvalue weighted by atomic mass is 9.71. The van der Waals surface area contributed by atoms with E-state index < -0.39 is 17.8 Å². The standard InChI is InChI=1S/C35H28O7/c1-4-40-35(38)30-20(2)17-28-32(33(30)31-25-8-6-5-7-22(25)13-15-27(31)39-3)34(37)29(42-28)18-24-14-16-26(41-24)23-11-9-21(19-36)10-12-23/h5-19,32-33H,4H2,1-3H3/b29-18-. The van der Waals surface area contributed by atoms with Crippen LogP contribution in [0.5, 0.6) is 5.75 Å². The van der Waals surface area contributed by atoms with E-state index in [1.54, 1.807) is 62.6 Å². The Labute approximate surface area is 242 Å². The quantitative estimate of drug-likeness (QED) is 0.136. The van der Waals surface area contributed by atoms with Crippen LogP contribution in [0.3, 0.4) is 0 Å². The normalized spacial score (nSPS) is 19.0. The molecule has 4 aromatic rings. The van der Waals surface area contributed by atoms with Crippen molar-refractivity contribution in [1.82, 2.24) is 0 Å². The summed E-state index contributed by atoms with van der Waals surface area (Å²) in [5.74, 6) is -0.106. The summed E-state index contributed by atoms with van der Waals surface area (Å²) in [5, 5.41) is 1.83. The summed E-state index contributed by atoms with van der Waals surface area (Å²) in [6.45, 7) is 3.78. The SMILES string of the molecule is CCOC(=O)C1=C(C)C=C2O/C(=C\c3ccc(-c4ccc(C=O)cc4)o3)C(=O)C2C1c1c(OC)ccc2ccccc12. The molecule has 0 bridgehead atoms. The van der Waals surface area contributed by atoms with Gasteiger partial charge in [-0.15, -0.1) is 0 Å². The van der Waals surface area contributed by atoms with Crippen LogP contribution in [0.4, 0.5) is 0 Å². The molecule has 6 rings (SSSR count). The highest BCUT2D eigenvalue weighted by Crippen LogP contribution is 2.52. The number of hydrogen-bond donors (Lipinski definition) is 0. The Morgan fingerprint density at radius 3 is 2.50 bits per heavy atom. The number of carbonyl (C=O) groups is 3. The molecule has 0 amide bonds. The molecule has 42 heavy (non-hydrogen) atoms. The van der Waals surface area contributed by atoms with Crippen LogP contribution in [0.2, 0.25) is 0 Å². The number of fused-ring (bicyclic) bond motifs is 2. The molecule has 1 aliphatic heterocycles. The van der Waals surface area contributed by atoms with Crippen molar-refractivity contribution in [2.75, 3.05) is 13.7 Å². The fraction of sp³-hybridized carbons (Fsp3) is 0.171. The highest BCUT2D eigenvalue weighted by molar-refractivity contribution is 6.07. The largest absolute Gasteiger partial charge is 0.496 e. The van der Waals surface area contributed by atoms with Crippen LogP contribution < -0.4 is 4.74 Å². The first-order valence-corrected chi connectivity index (χ1v) is 13.7. The average Bonchev–Trinajstić information content (AvgIpc) is 3.60. The minimum Gasteiger partial charge on any atom is -0.496 e. The number of esters is 1. The minimum atomic E-state index is -0.801. The van der Waals surface area contributed by atoms with Gasteiger partial charge in [0, 0.05) is 34.3 Å². The summed E-state index contributed by atoms with van der Waals surface area (Å²) < 4.78 is 23.5. The van der Waals surface area contributed by atoms with Gasteiger partial charge >= 0.3 is 5.97 Å².